The number of carbonyl (C=O) groups is 1. The molecule has 1 aliphatic rings. The number of aromatic nitrogens is 1. The predicted molar refractivity (Wildman–Crippen MR) is 154 cm³/mol. The summed E-state index contributed by atoms with van der Waals surface area (Å²) in [6.45, 7) is 5.29. The van der Waals surface area contributed by atoms with Gasteiger partial charge < -0.3 is 18.6 Å². The molecule has 1 aliphatic heterocycles. The average Bonchev–Trinajstić information content (AvgIpc) is 3.50. The lowest BCUT2D eigenvalue weighted by Gasteiger charge is -2.26. The normalized spacial score (nSPS) is 15.2. The van der Waals surface area contributed by atoms with Gasteiger partial charge in [-0.3, -0.25) is 9.36 Å². The summed E-state index contributed by atoms with van der Waals surface area (Å²) in [5.41, 5.74) is 1.00. The minimum absolute atomic E-state index is 0.263. The van der Waals surface area contributed by atoms with E-state index in [9.17, 15) is 9.59 Å². The zero-order valence-electron chi connectivity index (χ0n) is 22.7. The molecule has 0 spiro atoms. The number of methoxy groups -OCH3 is 2. The van der Waals surface area contributed by atoms with E-state index in [1.165, 1.54) is 27.7 Å². The first kappa shape index (κ1) is 27.5. The number of benzene rings is 2. The van der Waals surface area contributed by atoms with Crippen molar-refractivity contribution in [3.63, 3.8) is 0 Å². The number of ether oxygens (including phenoxy) is 3. The van der Waals surface area contributed by atoms with E-state index in [2.05, 4.69) is 4.99 Å². The minimum Gasteiger partial charge on any atom is -0.497 e. The highest BCUT2D eigenvalue weighted by Crippen LogP contribution is 2.38. The van der Waals surface area contributed by atoms with Crippen LogP contribution in [0.4, 0.5) is 0 Å². The molecule has 0 aliphatic carbocycles. The Kier molecular flexibility index (Phi) is 7.99. The van der Waals surface area contributed by atoms with Crippen LogP contribution in [-0.2, 0) is 9.53 Å². The van der Waals surface area contributed by atoms with Crippen LogP contribution in [0.25, 0.3) is 6.08 Å². The highest BCUT2D eigenvalue weighted by molar-refractivity contribution is 7.99. The molecule has 5 rings (SSSR count). The molecule has 2 aromatic heterocycles. The van der Waals surface area contributed by atoms with Gasteiger partial charge in [-0.15, -0.1) is 0 Å². The Bertz CT molecular complexity index is 1770. The lowest BCUT2D eigenvalue weighted by molar-refractivity contribution is -0.143. The van der Waals surface area contributed by atoms with Crippen molar-refractivity contribution in [2.75, 3.05) is 14.2 Å². The Hall–Kier alpha value is -4.02. The largest absolute Gasteiger partial charge is 0.497 e. The molecule has 1 atom stereocenters. The van der Waals surface area contributed by atoms with E-state index in [0.717, 1.165) is 4.90 Å². The molecule has 0 N–H and O–H groups in total. The van der Waals surface area contributed by atoms with Crippen molar-refractivity contribution in [2.45, 2.75) is 42.9 Å². The van der Waals surface area contributed by atoms with E-state index < -0.39 is 12.0 Å². The van der Waals surface area contributed by atoms with Crippen molar-refractivity contribution in [3.05, 3.63) is 103 Å². The second kappa shape index (κ2) is 11.6. The summed E-state index contributed by atoms with van der Waals surface area (Å²) in [5, 5.41) is 0.707. The van der Waals surface area contributed by atoms with Crippen LogP contribution in [0.5, 0.6) is 11.5 Å². The average molecular weight is 577 g/mol. The number of carbonyl (C=O) groups excluding carboxylic acids is 1. The summed E-state index contributed by atoms with van der Waals surface area (Å²) in [5.74, 6) is 1.05. The second-order valence-corrected chi connectivity index (χ2v) is 11.3. The van der Waals surface area contributed by atoms with Crippen LogP contribution in [0.15, 0.2) is 96.1 Å². The van der Waals surface area contributed by atoms with Gasteiger partial charge in [-0.2, -0.15) is 0 Å². The van der Waals surface area contributed by atoms with Crippen molar-refractivity contribution >= 4 is 35.1 Å². The highest BCUT2D eigenvalue weighted by Gasteiger charge is 2.35. The van der Waals surface area contributed by atoms with Crippen molar-refractivity contribution in [1.29, 1.82) is 0 Å². The van der Waals surface area contributed by atoms with Gasteiger partial charge in [0.2, 0.25) is 0 Å². The van der Waals surface area contributed by atoms with E-state index in [1.807, 2.05) is 42.5 Å². The number of esters is 1. The molecule has 8 nitrogen and oxygen atoms in total. The smallest absolute Gasteiger partial charge is 0.338 e. The van der Waals surface area contributed by atoms with Crippen LogP contribution in [0.2, 0.25) is 0 Å². The van der Waals surface area contributed by atoms with Crippen molar-refractivity contribution in [3.8, 4) is 11.5 Å². The molecule has 206 valence electrons. The van der Waals surface area contributed by atoms with Gasteiger partial charge in [0.15, 0.2) is 9.89 Å². The minimum atomic E-state index is -0.838. The Morgan fingerprint density at radius 2 is 1.88 bits per heavy atom. The fourth-order valence-corrected chi connectivity index (χ4v) is 6.23. The third kappa shape index (κ3) is 5.50. The Morgan fingerprint density at radius 1 is 1.10 bits per heavy atom. The number of fused-ring (bicyclic) bond motifs is 1. The summed E-state index contributed by atoms with van der Waals surface area (Å²) in [7, 11) is 3.10. The monoisotopic (exact) mass is 576 g/mol. The fraction of sp³-hybridized carbons (Fsp3) is 0.233. The first-order valence-electron chi connectivity index (χ1n) is 12.6. The quantitative estimate of drug-likeness (QED) is 0.274. The number of rotatable bonds is 8. The van der Waals surface area contributed by atoms with Gasteiger partial charge in [0.25, 0.3) is 5.56 Å². The molecule has 0 saturated heterocycles. The maximum absolute atomic E-state index is 13.9. The number of nitrogens with zero attached hydrogens (tertiary/aromatic N) is 2. The van der Waals surface area contributed by atoms with E-state index in [-0.39, 0.29) is 17.2 Å². The highest BCUT2D eigenvalue weighted by atomic mass is 32.2. The zero-order valence-corrected chi connectivity index (χ0v) is 24.3. The molecule has 0 radical (unpaired) electrons. The molecule has 10 heteroatoms. The van der Waals surface area contributed by atoms with Gasteiger partial charge in [0.1, 0.15) is 23.3 Å². The lowest BCUT2D eigenvalue weighted by atomic mass is 9.94. The number of allylic oxidation sites excluding steroid dienone is 1. The maximum Gasteiger partial charge on any atom is 0.338 e. The molecule has 40 heavy (non-hydrogen) atoms. The molecular formula is C30H28N2O6S2. The number of hydrogen-bond acceptors (Lipinski definition) is 9. The first-order valence-corrected chi connectivity index (χ1v) is 14.2. The Balaban J connectivity index is 1.64. The van der Waals surface area contributed by atoms with Gasteiger partial charge in [0.05, 0.1) is 36.1 Å². The summed E-state index contributed by atoms with van der Waals surface area (Å²) < 4.78 is 24.6. The van der Waals surface area contributed by atoms with E-state index in [1.54, 1.807) is 59.3 Å². The zero-order chi connectivity index (χ0) is 28.4. The molecule has 3 heterocycles. The third-order valence-corrected chi connectivity index (χ3v) is 8.06. The molecule has 2 aromatic carbocycles. The van der Waals surface area contributed by atoms with Gasteiger partial charge in [-0.1, -0.05) is 41.3 Å². The van der Waals surface area contributed by atoms with Gasteiger partial charge in [0, 0.05) is 16.5 Å². The van der Waals surface area contributed by atoms with Gasteiger partial charge >= 0.3 is 5.97 Å². The van der Waals surface area contributed by atoms with Crippen LogP contribution in [0, 0.1) is 0 Å². The van der Waals surface area contributed by atoms with Gasteiger partial charge in [-0.05, 0) is 63.2 Å². The van der Waals surface area contributed by atoms with Crippen LogP contribution >= 0.6 is 23.1 Å². The lowest BCUT2D eigenvalue weighted by Crippen LogP contribution is -2.40. The van der Waals surface area contributed by atoms with Gasteiger partial charge in [-0.25, -0.2) is 9.79 Å². The summed E-state index contributed by atoms with van der Waals surface area (Å²) in [4.78, 5) is 33.5. The molecule has 0 fully saturated rings. The second-order valence-electron chi connectivity index (χ2n) is 9.22. The van der Waals surface area contributed by atoms with E-state index in [4.69, 9.17) is 18.6 Å². The topological polar surface area (TPSA) is 92.3 Å². The summed E-state index contributed by atoms with van der Waals surface area (Å²) >= 11 is 2.72. The Labute approximate surface area is 239 Å². The molecule has 0 unspecified atom stereocenters. The molecule has 0 saturated carbocycles. The summed E-state index contributed by atoms with van der Waals surface area (Å²) in [6.07, 6.45) is 1.34. The molecule has 4 aromatic rings. The van der Waals surface area contributed by atoms with Crippen LogP contribution in [0.3, 0.4) is 0 Å². The summed E-state index contributed by atoms with van der Waals surface area (Å²) in [6, 6.07) is 18.0. The number of furan rings is 1. The van der Waals surface area contributed by atoms with Crippen LogP contribution < -0.4 is 24.4 Å². The first-order chi connectivity index (χ1) is 19.3. The molecular weight excluding hydrogens is 548 g/mol. The van der Waals surface area contributed by atoms with Crippen molar-refractivity contribution < 1.29 is 23.4 Å². The number of thiazole rings is 1. The Morgan fingerprint density at radius 3 is 2.58 bits per heavy atom. The standard InChI is InChI=1S/C30H28N2O6S2/c1-17(2)37-29(34)26-18(3)31-30-32(27(26)22-15-19(35-4)11-13-23(22)36-5)28(33)24(40-30)16-20-12-14-25(38-20)39-21-9-7-6-8-10-21/h6-17,27H,1-5H3/t27-/m0/s1. The van der Waals surface area contributed by atoms with Crippen molar-refractivity contribution in [2.24, 2.45) is 4.99 Å². The molecule has 0 amide bonds. The van der Waals surface area contributed by atoms with E-state index in [0.29, 0.717) is 42.9 Å². The van der Waals surface area contributed by atoms with Crippen molar-refractivity contribution in [1.82, 2.24) is 4.57 Å². The third-order valence-electron chi connectivity index (χ3n) is 6.15. The number of hydrogen-bond donors (Lipinski definition) is 0. The van der Waals surface area contributed by atoms with Crippen LogP contribution in [-0.4, -0.2) is 30.9 Å². The SMILES string of the molecule is COc1ccc(OC)c([C@H]2C(C(=O)OC(C)C)=C(C)N=c3sc(=Cc4ccc(Sc5ccccc5)o4)c(=O)n32)c1. The maximum atomic E-state index is 13.9. The fourth-order valence-electron chi connectivity index (χ4n) is 4.41. The molecule has 0 bridgehead atoms. The van der Waals surface area contributed by atoms with E-state index >= 15 is 0 Å². The predicted octanol–water partition coefficient (Wildman–Crippen LogP) is 4.95. The van der Waals surface area contributed by atoms with Crippen LogP contribution in [0.1, 0.15) is 38.1 Å².